The molecule has 0 aromatic carbocycles. The number of carbonyl (C=O) groups excluding carboxylic acids is 2. The van der Waals surface area contributed by atoms with Gasteiger partial charge in [0.05, 0.1) is 5.69 Å². The van der Waals surface area contributed by atoms with Crippen molar-refractivity contribution in [3.8, 4) is 0 Å². The second kappa shape index (κ2) is 5.52. The number of rotatable bonds is 3. The van der Waals surface area contributed by atoms with Crippen molar-refractivity contribution in [3.63, 3.8) is 0 Å². The van der Waals surface area contributed by atoms with Crippen molar-refractivity contribution in [1.82, 2.24) is 19.6 Å². The van der Waals surface area contributed by atoms with Gasteiger partial charge in [0.25, 0.3) is 5.91 Å². The number of carbonyl (C=O) groups is 2. The number of hydrogen-bond donors (Lipinski definition) is 1. The lowest BCUT2D eigenvalue weighted by atomic mass is 10.2. The van der Waals surface area contributed by atoms with Gasteiger partial charge in [-0.25, -0.2) is 0 Å². The van der Waals surface area contributed by atoms with Crippen molar-refractivity contribution >= 4 is 17.5 Å². The van der Waals surface area contributed by atoms with Crippen LogP contribution in [0.4, 0.5) is 5.69 Å². The first kappa shape index (κ1) is 14.4. The van der Waals surface area contributed by atoms with Crippen molar-refractivity contribution in [1.29, 1.82) is 0 Å². The SMILES string of the molecule is CCn1cc(N)c(C(=O)N2CCCC2C(=O)N(C)C)n1. The predicted molar refractivity (Wildman–Crippen MR) is 75.1 cm³/mol. The molecule has 0 saturated carbocycles. The summed E-state index contributed by atoms with van der Waals surface area (Å²) in [6.45, 7) is 3.15. The summed E-state index contributed by atoms with van der Waals surface area (Å²) in [4.78, 5) is 27.7. The van der Waals surface area contributed by atoms with Gasteiger partial charge >= 0.3 is 0 Å². The molecule has 0 bridgehead atoms. The second-order valence-electron chi connectivity index (χ2n) is 5.18. The molecule has 110 valence electrons. The number of nitrogens with zero attached hydrogens (tertiary/aromatic N) is 4. The number of nitrogens with two attached hydrogens (primary N) is 1. The minimum Gasteiger partial charge on any atom is -0.396 e. The molecular weight excluding hydrogens is 258 g/mol. The van der Waals surface area contributed by atoms with Gasteiger partial charge in [0.2, 0.25) is 5.91 Å². The van der Waals surface area contributed by atoms with Crippen molar-refractivity contribution in [2.24, 2.45) is 0 Å². The van der Waals surface area contributed by atoms with E-state index in [0.29, 0.717) is 25.2 Å². The topological polar surface area (TPSA) is 84.5 Å². The standard InChI is InChI=1S/C13H21N5O2/c1-4-17-8-9(14)11(15-17)13(20)18-7-5-6-10(18)12(19)16(2)3/h8,10H,4-7,14H2,1-3H3. The van der Waals surface area contributed by atoms with Gasteiger partial charge in [-0.05, 0) is 19.8 Å². The summed E-state index contributed by atoms with van der Waals surface area (Å²) in [6, 6.07) is -0.399. The number of likely N-dealkylation sites (N-methyl/N-ethyl adjacent to an activating group) is 1. The molecule has 2 N–H and O–H groups in total. The summed E-state index contributed by atoms with van der Waals surface area (Å²) < 4.78 is 1.63. The summed E-state index contributed by atoms with van der Waals surface area (Å²) in [7, 11) is 3.40. The van der Waals surface area contributed by atoms with Crippen LogP contribution in [0.1, 0.15) is 30.3 Å². The van der Waals surface area contributed by atoms with Gasteiger partial charge in [-0.3, -0.25) is 14.3 Å². The molecule has 1 saturated heterocycles. The first-order valence-corrected chi connectivity index (χ1v) is 6.80. The van der Waals surface area contributed by atoms with Crippen LogP contribution < -0.4 is 5.73 Å². The number of aromatic nitrogens is 2. The molecule has 1 aromatic heterocycles. The Kier molecular flexibility index (Phi) is 3.96. The molecule has 2 heterocycles. The van der Waals surface area contributed by atoms with Crippen LogP contribution in [0, 0.1) is 0 Å². The van der Waals surface area contributed by atoms with E-state index in [1.165, 1.54) is 4.90 Å². The molecule has 1 aliphatic heterocycles. The fraction of sp³-hybridized carbons (Fsp3) is 0.615. The Hall–Kier alpha value is -2.05. The Balaban J connectivity index is 2.23. The highest BCUT2D eigenvalue weighted by molar-refractivity contribution is 6.00. The van der Waals surface area contributed by atoms with Crippen molar-refractivity contribution in [2.75, 3.05) is 26.4 Å². The highest BCUT2D eigenvalue weighted by Gasteiger charge is 2.36. The molecule has 1 aromatic rings. The van der Waals surface area contributed by atoms with E-state index >= 15 is 0 Å². The number of anilines is 1. The van der Waals surface area contributed by atoms with Crippen molar-refractivity contribution in [2.45, 2.75) is 32.4 Å². The summed E-state index contributed by atoms with van der Waals surface area (Å²) >= 11 is 0. The normalized spacial score (nSPS) is 18.4. The molecular formula is C13H21N5O2. The van der Waals surface area contributed by atoms with Gasteiger partial charge in [-0.1, -0.05) is 0 Å². The van der Waals surface area contributed by atoms with Crippen LogP contribution in [0.2, 0.25) is 0 Å². The molecule has 0 radical (unpaired) electrons. The summed E-state index contributed by atoms with van der Waals surface area (Å²) in [5.41, 5.74) is 6.44. The molecule has 7 nitrogen and oxygen atoms in total. The number of likely N-dealkylation sites (tertiary alicyclic amines) is 1. The highest BCUT2D eigenvalue weighted by Crippen LogP contribution is 2.23. The largest absolute Gasteiger partial charge is 0.396 e. The Morgan fingerprint density at radius 1 is 1.50 bits per heavy atom. The van der Waals surface area contributed by atoms with Gasteiger partial charge in [-0.15, -0.1) is 0 Å². The Morgan fingerprint density at radius 3 is 2.75 bits per heavy atom. The predicted octanol–water partition coefficient (Wildman–Crippen LogP) is 0.178. The van der Waals surface area contributed by atoms with E-state index in [0.717, 1.165) is 6.42 Å². The molecule has 0 aliphatic carbocycles. The molecule has 2 amide bonds. The maximum atomic E-state index is 12.5. The van der Waals surface area contributed by atoms with Gasteiger partial charge in [0.15, 0.2) is 5.69 Å². The van der Waals surface area contributed by atoms with Crippen LogP contribution in [0.15, 0.2) is 6.20 Å². The Labute approximate surface area is 118 Å². The average Bonchev–Trinajstić information content (AvgIpc) is 3.03. The minimum atomic E-state index is -0.399. The molecule has 2 rings (SSSR count). The van der Waals surface area contributed by atoms with E-state index in [1.54, 1.807) is 29.9 Å². The zero-order valence-corrected chi connectivity index (χ0v) is 12.2. The lowest BCUT2D eigenvalue weighted by molar-refractivity contribution is -0.132. The second-order valence-corrected chi connectivity index (χ2v) is 5.18. The number of amides is 2. The number of nitrogen functional groups attached to an aromatic ring is 1. The van der Waals surface area contributed by atoms with E-state index in [9.17, 15) is 9.59 Å². The lowest BCUT2D eigenvalue weighted by Gasteiger charge is -2.25. The zero-order valence-electron chi connectivity index (χ0n) is 12.2. The highest BCUT2D eigenvalue weighted by atomic mass is 16.2. The number of hydrogen-bond acceptors (Lipinski definition) is 4. The van der Waals surface area contributed by atoms with Crippen LogP contribution in [-0.2, 0) is 11.3 Å². The van der Waals surface area contributed by atoms with E-state index in [4.69, 9.17) is 5.73 Å². The zero-order chi connectivity index (χ0) is 14.9. The molecule has 1 atom stereocenters. The monoisotopic (exact) mass is 279 g/mol. The van der Waals surface area contributed by atoms with Crippen LogP contribution in [-0.4, -0.2) is 58.1 Å². The molecule has 1 unspecified atom stereocenters. The Bertz CT molecular complexity index is 523. The van der Waals surface area contributed by atoms with E-state index in [2.05, 4.69) is 5.10 Å². The molecule has 1 aliphatic rings. The quantitative estimate of drug-likeness (QED) is 0.855. The van der Waals surface area contributed by atoms with Crippen molar-refractivity contribution in [3.05, 3.63) is 11.9 Å². The van der Waals surface area contributed by atoms with E-state index in [1.807, 2.05) is 6.92 Å². The van der Waals surface area contributed by atoms with Gasteiger partial charge in [-0.2, -0.15) is 5.10 Å². The van der Waals surface area contributed by atoms with Crippen molar-refractivity contribution < 1.29 is 9.59 Å². The van der Waals surface area contributed by atoms with Gasteiger partial charge in [0.1, 0.15) is 6.04 Å². The smallest absolute Gasteiger partial charge is 0.277 e. The van der Waals surface area contributed by atoms with Gasteiger partial charge < -0.3 is 15.5 Å². The third kappa shape index (κ3) is 2.48. The molecule has 7 heteroatoms. The number of aryl methyl sites for hydroxylation is 1. The summed E-state index contributed by atoms with van der Waals surface area (Å²) in [5.74, 6) is -0.309. The minimum absolute atomic E-state index is 0.0515. The Morgan fingerprint density at radius 2 is 2.20 bits per heavy atom. The van der Waals surface area contributed by atoms with Crippen LogP contribution in [0.25, 0.3) is 0 Å². The fourth-order valence-corrected chi connectivity index (χ4v) is 2.47. The van der Waals surface area contributed by atoms with Gasteiger partial charge in [0, 0.05) is 33.4 Å². The van der Waals surface area contributed by atoms with Crippen LogP contribution in [0.5, 0.6) is 0 Å². The van der Waals surface area contributed by atoms with Crippen LogP contribution >= 0.6 is 0 Å². The summed E-state index contributed by atoms with van der Waals surface area (Å²) in [6.07, 6.45) is 3.16. The third-order valence-electron chi connectivity index (χ3n) is 3.56. The third-order valence-corrected chi connectivity index (χ3v) is 3.56. The lowest BCUT2D eigenvalue weighted by Crippen LogP contribution is -2.45. The first-order chi connectivity index (χ1) is 9.45. The van der Waals surface area contributed by atoms with E-state index < -0.39 is 6.04 Å². The molecule has 0 spiro atoms. The maximum Gasteiger partial charge on any atom is 0.277 e. The fourth-order valence-electron chi connectivity index (χ4n) is 2.47. The van der Waals surface area contributed by atoms with Crippen LogP contribution in [0.3, 0.4) is 0 Å². The molecule has 20 heavy (non-hydrogen) atoms. The maximum absolute atomic E-state index is 12.5. The van der Waals surface area contributed by atoms with E-state index in [-0.39, 0.29) is 17.5 Å². The molecule has 1 fully saturated rings. The summed E-state index contributed by atoms with van der Waals surface area (Å²) in [5, 5.41) is 4.19. The average molecular weight is 279 g/mol. The first-order valence-electron chi connectivity index (χ1n) is 6.80.